The Labute approximate surface area is 126 Å². The molecule has 0 unspecified atom stereocenters. The van der Waals surface area contributed by atoms with E-state index in [0.717, 1.165) is 30.7 Å². The van der Waals surface area contributed by atoms with Gasteiger partial charge in [0.05, 0.1) is 11.0 Å². The minimum absolute atomic E-state index is 0.108. The molecule has 0 aliphatic rings. The van der Waals surface area contributed by atoms with E-state index >= 15 is 0 Å². The number of rotatable bonds is 6. The Morgan fingerprint density at radius 1 is 1.29 bits per heavy atom. The molecule has 0 aliphatic heterocycles. The molecule has 1 aromatic carbocycles. The zero-order chi connectivity index (χ0) is 15.2. The quantitative estimate of drug-likeness (QED) is 0.587. The molecule has 0 atom stereocenters. The third kappa shape index (κ3) is 4.15. The van der Waals surface area contributed by atoms with Crippen molar-refractivity contribution in [3.05, 3.63) is 53.9 Å². The van der Waals surface area contributed by atoms with Crippen molar-refractivity contribution < 1.29 is 4.79 Å². The predicted molar refractivity (Wildman–Crippen MR) is 87.3 cm³/mol. The number of imidazole rings is 1. The lowest BCUT2D eigenvalue weighted by Gasteiger charge is -2.04. The Morgan fingerprint density at radius 3 is 2.81 bits per heavy atom. The number of hydrogen-bond donors (Lipinski definition) is 0. The molecule has 21 heavy (non-hydrogen) atoms. The van der Waals surface area contributed by atoms with Crippen molar-refractivity contribution in [3.63, 3.8) is 0 Å². The number of nitrogens with zero attached hydrogens (tertiary/aromatic N) is 2. The largest absolute Gasteiger partial charge is 0.324 e. The van der Waals surface area contributed by atoms with Crippen LogP contribution in [0.15, 0.2) is 48.1 Å². The number of ketones is 1. The van der Waals surface area contributed by atoms with Gasteiger partial charge in [-0.15, -0.1) is 0 Å². The molecule has 3 heteroatoms. The number of para-hydroxylation sites is 2. The summed E-state index contributed by atoms with van der Waals surface area (Å²) in [5.74, 6) is 1.15. The SMILES string of the molecule is CC(=O)C=CCC/C(C)=C/Cn1c(C)nc2ccccc21. The number of fused-ring (bicyclic) bond motifs is 1. The zero-order valence-electron chi connectivity index (χ0n) is 13.0. The zero-order valence-corrected chi connectivity index (χ0v) is 13.0. The van der Waals surface area contributed by atoms with Crippen LogP contribution in [0.2, 0.25) is 0 Å². The van der Waals surface area contributed by atoms with Crippen LogP contribution in [0.5, 0.6) is 0 Å². The predicted octanol–water partition coefficient (Wildman–Crippen LogP) is 4.22. The first-order valence-electron chi connectivity index (χ1n) is 7.32. The summed E-state index contributed by atoms with van der Waals surface area (Å²) < 4.78 is 2.23. The summed E-state index contributed by atoms with van der Waals surface area (Å²) in [6, 6.07) is 8.21. The van der Waals surface area contributed by atoms with Crippen molar-refractivity contribution in [2.75, 3.05) is 0 Å². The van der Waals surface area contributed by atoms with E-state index < -0.39 is 0 Å². The fourth-order valence-corrected chi connectivity index (χ4v) is 2.34. The molecule has 1 aromatic heterocycles. The number of carbonyl (C=O) groups is 1. The number of hydrogen-bond acceptors (Lipinski definition) is 2. The van der Waals surface area contributed by atoms with Crippen LogP contribution in [-0.2, 0) is 11.3 Å². The Morgan fingerprint density at radius 2 is 2.05 bits per heavy atom. The van der Waals surface area contributed by atoms with Crippen LogP contribution in [0.1, 0.15) is 32.5 Å². The number of aromatic nitrogens is 2. The maximum Gasteiger partial charge on any atom is 0.152 e. The van der Waals surface area contributed by atoms with E-state index in [1.807, 2.05) is 31.2 Å². The van der Waals surface area contributed by atoms with Gasteiger partial charge in [-0.2, -0.15) is 0 Å². The van der Waals surface area contributed by atoms with E-state index in [-0.39, 0.29) is 5.78 Å². The summed E-state index contributed by atoms with van der Waals surface area (Å²) in [5.41, 5.74) is 3.56. The molecule has 0 N–H and O–H groups in total. The number of benzene rings is 1. The van der Waals surface area contributed by atoms with Gasteiger partial charge in [-0.3, -0.25) is 4.79 Å². The van der Waals surface area contributed by atoms with E-state index in [1.165, 1.54) is 11.1 Å². The molecule has 2 aromatic rings. The number of carbonyl (C=O) groups excluding carboxylic acids is 1. The minimum atomic E-state index is 0.108. The van der Waals surface area contributed by atoms with Gasteiger partial charge < -0.3 is 4.57 Å². The normalized spacial score (nSPS) is 12.4. The molecule has 0 bridgehead atoms. The van der Waals surface area contributed by atoms with Gasteiger partial charge >= 0.3 is 0 Å². The molecule has 0 saturated carbocycles. The van der Waals surface area contributed by atoms with Crippen LogP contribution in [0, 0.1) is 6.92 Å². The first-order chi connectivity index (χ1) is 10.1. The molecular weight excluding hydrogens is 260 g/mol. The highest BCUT2D eigenvalue weighted by Crippen LogP contribution is 2.16. The summed E-state index contributed by atoms with van der Waals surface area (Å²) >= 11 is 0. The number of allylic oxidation sites excluding steroid dienone is 4. The minimum Gasteiger partial charge on any atom is -0.324 e. The molecule has 0 amide bonds. The smallest absolute Gasteiger partial charge is 0.152 e. The van der Waals surface area contributed by atoms with E-state index in [1.54, 1.807) is 13.0 Å². The van der Waals surface area contributed by atoms with E-state index in [0.29, 0.717) is 0 Å². The highest BCUT2D eigenvalue weighted by molar-refractivity contribution is 5.87. The summed E-state index contributed by atoms with van der Waals surface area (Å²) in [6.07, 6.45) is 7.71. The maximum absolute atomic E-state index is 10.8. The molecule has 0 radical (unpaired) electrons. The first-order valence-corrected chi connectivity index (χ1v) is 7.32. The second kappa shape index (κ2) is 7.02. The molecular formula is C18H22N2O. The summed E-state index contributed by atoms with van der Waals surface area (Å²) in [7, 11) is 0. The lowest BCUT2D eigenvalue weighted by Crippen LogP contribution is -1.98. The third-order valence-electron chi connectivity index (χ3n) is 3.53. The Hall–Kier alpha value is -2.16. The molecule has 110 valence electrons. The fourth-order valence-electron chi connectivity index (χ4n) is 2.34. The fraction of sp³-hybridized carbons (Fsp3) is 0.333. The highest BCUT2D eigenvalue weighted by Gasteiger charge is 2.04. The molecule has 3 nitrogen and oxygen atoms in total. The van der Waals surface area contributed by atoms with Gasteiger partial charge in [0.2, 0.25) is 0 Å². The van der Waals surface area contributed by atoms with Gasteiger partial charge in [0.15, 0.2) is 5.78 Å². The molecule has 0 aliphatic carbocycles. The summed E-state index contributed by atoms with van der Waals surface area (Å²) in [5, 5.41) is 0. The van der Waals surface area contributed by atoms with Crippen molar-refractivity contribution in [2.24, 2.45) is 0 Å². The van der Waals surface area contributed by atoms with Gasteiger partial charge in [0.1, 0.15) is 5.82 Å². The van der Waals surface area contributed by atoms with Crippen LogP contribution < -0.4 is 0 Å². The average Bonchev–Trinajstić information content (AvgIpc) is 2.76. The van der Waals surface area contributed by atoms with Crippen molar-refractivity contribution in [1.82, 2.24) is 9.55 Å². The molecule has 1 heterocycles. The molecule has 0 saturated heterocycles. The van der Waals surface area contributed by atoms with Gasteiger partial charge in [-0.05, 0) is 51.8 Å². The van der Waals surface area contributed by atoms with Crippen LogP contribution in [0.3, 0.4) is 0 Å². The van der Waals surface area contributed by atoms with E-state index in [9.17, 15) is 4.79 Å². The van der Waals surface area contributed by atoms with Crippen molar-refractivity contribution in [3.8, 4) is 0 Å². The van der Waals surface area contributed by atoms with Crippen molar-refractivity contribution in [1.29, 1.82) is 0 Å². The van der Waals surface area contributed by atoms with Gasteiger partial charge in [-0.25, -0.2) is 4.98 Å². The Bertz CT molecular complexity index is 692. The summed E-state index contributed by atoms with van der Waals surface area (Å²) in [6.45, 7) is 6.59. The van der Waals surface area contributed by atoms with Crippen molar-refractivity contribution in [2.45, 2.75) is 40.2 Å². The second-order valence-corrected chi connectivity index (χ2v) is 5.36. The molecule has 0 spiro atoms. The standard InChI is InChI=1S/C18H22N2O/c1-14(8-4-5-9-15(2)21)12-13-20-16(3)19-17-10-6-7-11-18(17)20/h5-7,9-12H,4,8,13H2,1-3H3/b9-5?,14-12+. The van der Waals surface area contributed by atoms with Crippen LogP contribution >= 0.6 is 0 Å². The maximum atomic E-state index is 10.8. The lowest BCUT2D eigenvalue weighted by atomic mass is 10.1. The third-order valence-corrected chi connectivity index (χ3v) is 3.53. The van der Waals surface area contributed by atoms with Crippen LogP contribution in [0.4, 0.5) is 0 Å². The Balaban J connectivity index is 2.01. The summed E-state index contributed by atoms with van der Waals surface area (Å²) in [4.78, 5) is 15.4. The van der Waals surface area contributed by atoms with Crippen molar-refractivity contribution >= 4 is 16.8 Å². The highest BCUT2D eigenvalue weighted by atomic mass is 16.1. The lowest BCUT2D eigenvalue weighted by molar-refractivity contribution is -0.112. The van der Waals surface area contributed by atoms with Gasteiger partial charge in [0.25, 0.3) is 0 Å². The molecule has 2 rings (SSSR count). The van der Waals surface area contributed by atoms with Gasteiger partial charge in [-0.1, -0.05) is 29.9 Å². The van der Waals surface area contributed by atoms with E-state index in [4.69, 9.17) is 0 Å². The van der Waals surface area contributed by atoms with Crippen LogP contribution in [-0.4, -0.2) is 15.3 Å². The topological polar surface area (TPSA) is 34.9 Å². The first kappa shape index (κ1) is 15.2. The van der Waals surface area contributed by atoms with Gasteiger partial charge in [0, 0.05) is 6.54 Å². The Kier molecular flexibility index (Phi) is 5.09. The van der Waals surface area contributed by atoms with Crippen LogP contribution in [0.25, 0.3) is 11.0 Å². The second-order valence-electron chi connectivity index (χ2n) is 5.36. The average molecular weight is 282 g/mol. The molecule has 0 fully saturated rings. The number of aryl methyl sites for hydroxylation is 1. The van der Waals surface area contributed by atoms with E-state index in [2.05, 4.69) is 28.6 Å². The monoisotopic (exact) mass is 282 g/mol.